The summed E-state index contributed by atoms with van der Waals surface area (Å²) in [7, 11) is 4.80. The number of hydrogen-bond acceptors (Lipinski definition) is 12. The molecule has 2 bridgehead atoms. The molecule has 14 atom stereocenters. The number of aromatic nitrogens is 1. The van der Waals surface area contributed by atoms with Crippen molar-refractivity contribution in [2.75, 3.05) is 33.2 Å². The number of aliphatic hydroxyl groups excluding tert-OH is 1. The van der Waals surface area contributed by atoms with E-state index in [0.29, 0.717) is 44.1 Å². The maximum absolute atomic E-state index is 14.7. The van der Waals surface area contributed by atoms with E-state index in [9.17, 15) is 29.4 Å². The fraction of sp³-hybridized carbons (Fsp3) is 0.593. The lowest BCUT2D eigenvalue weighted by Crippen LogP contribution is -2.64. The normalized spacial score (nSPS) is 34.5. The summed E-state index contributed by atoms with van der Waals surface area (Å²) in [5.74, 6) is -7.70. The number of cyclic esters (lactones) is 1. The number of nitrogens with zero attached hydrogens (tertiary/aromatic N) is 2. The minimum absolute atomic E-state index is 0.00383. The Balaban J connectivity index is 1.15. The SMILES string of the molecule is C=CCC1/C=C(\C)CC(C)CC(OC)C2OC(O)(C(=O)C(=O)N3CCCCC3C(=O)OC(C(C)=CC3CCC(Nc4ccc5c(ccn5Cc5ccccc5)c4)C(OC)C3)C(C)C(O)CC1=O)C(C)CC2OC. The highest BCUT2D eigenvalue weighted by Gasteiger charge is 2.56. The van der Waals surface area contributed by atoms with Crippen LogP contribution >= 0.6 is 0 Å². The number of piperidine rings is 1. The smallest absolute Gasteiger partial charge is 0.329 e. The molecule has 398 valence electrons. The Morgan fingerprint density at radius 2 is 1.63 bits per heavy atom. The van der Waals surface area contributed by atoms with Crippen molar-refractivity contribution in [3.8, 4) is 0 Å². The number of Topliss-reactive ketones (excluding diaryl/α,β-unsaturated/α-hetero) is 2. The van der Waals surface area contributed by atoms with Gasteiger partial charge in [-0.05, 0) is 125 Å². The molecule has 1 amide bonds. The Labute approximate surface area is 432 Å². The van der Waals surface area contributed by atoms with Crippen molar-refractivity contribution >= 4 is 40.0 Å². The first kappa shape index (κ1) is 55.8. The quantitative estimate of drug-likeness (QED) is 0.0948. The molecule has 14 heteroatoms. The topological polar surface area (TPSA) is 175 Å². The van der Waals surface area contributed by atoms with Gasteiger partial charge in [0.1, 0.15) is 24.0 Å². The Morgan fingerprint density at radius 1 is 0.904 bits per heavy atom. The standard InChI is InChI=1S/C59H81N3O11/c1-10-16-44-28-36(2)27-37(3)29-52(70-8)55-53(71-9)31-39(5)59(68,73-55)56(65)57(66)62-25-15-14-19-48(62)58(67)72-54(40(6)49(63)34-50(44)64)38(4)30-42-20-22-46(51(32-42)69-7)60-45-21-23-47-43(33-45)24-26-61(47)35-41-17-12-11-13-18-41/h10-13,17-18,21,23-24,26,28,30,33,37,39-40,42,44,46,48-49,51-55,60,63,68H,1,14-16,19-20,22,25,27,29,31-32,34-35H2,2-9H3/b36-28+,38-30?. The molecule has 1 aliphatic carbocycles. The van der Waals surface area contributed by atoms with Crippen LogP contribution < -0.4 is 5.32 Å². The van der Waals surface area contributed by atoms with E-state index in [1.807, 2.05) is 26.0 Å². The van der Waals surface area contributed by atoms with Crippen LogP contribution in [0.1, 0.15) is 111 Å². The van der Waals surface area contributed by atoms with Gasteiger partial charge in [0.15, 0.2) is 0 Å². The molecule has 2 aromatic carbocycles. The number of carbonyl (C=O) groups is 4. The van der Waals surface area contributed by atoms with Gasteiger partial charge in [0, 0.05) is 81.4 Å². The second-order valence-corrected chi connectivity index (χ2v) is 21.7. The van der Waals surface area contributed by atoms with E-state index in [1.54, 1.807) is 27.0 Å². The summed E-state index contributed by atoms with van der Waals surface area (Å²) >= 11 is 0. The van der Waals surface area contributed by atoms with Gasteiger partial charge in [0.25, 0.3) is 11.7 Å². The third-order valence-electron chi connectivity index (χ3n) is 16.2. The van der Waals surface area contributed by atoms with Gasteiger partial charge in [0.2, 0.25) is 5.79 Å². The predicted octanol–water partition coefficient (Wildman–Crippen LogP) is 8.76. The van der Waals surface area contributed by atoms with Crippen LogP contribution in [0.4, 0.5) is 5.69 Å². The Kier molecular flexibility index (Phi) is 19.1. The fourth-order valence-electron chi connectivity index (χ4n) is 12.0. The van der Waals surface area contributed by atoms with Crippen molar-refractivity contribution in [2.45, 2.75) is 166 Å². The van der Waals surface area contributed by atoms with E-state index in [2.05, 4.69) is 84.2 Å². The predicted molar refractivity (Wildman–Crippen MR) is 281 cm³/mol. The molecule has 3 aliphatic heterocycles. The van der Waals surface area contributed by atoms with Crippen LogP contribution in [-0.4, -0.2) is 125 Å². The van der Waals surface area contributed by atoms with Gasteiger partial charge < -0.3 is 48.7 Å². The summed E-state index contributed by atoms with van der Waals surface area (Å²) in [5.41, 5.74) is 5.07. The third-order valence-corrected chi connectivity index (χ3v) is 16.2. The monoisotopic (exact) mass is 1010 g/mol. The van der Waals surface area contributed by atoms with Crippen molar-refractivity contribution in [3.05, 3.63) is 102 Å². The van der Waals surface area contributed by atoms with E-state index >= 15 is 0 Å². The van der Waals surface area contributed by atoms with Crippen molar-refractivity contribution in [1.82, 2.24) is 9.47 Å². The average molecular weight is 1010 g/mol. The van der Waals surface area contributed by atoms with Crippen molar-refractivity contribution < 1.29 is 53.1 Å². The molecule has 3 N–H and O–H groups in total. The Morgan fingerprint density at radius 3 is 2.34 bits per heavy atom. The van der Waals surface area contributed by atoms with E-state index in [4.69, 9.17) is 23.7 Å². The first-order valence-corrected chi connectivity index (χ1v) is 26.6. The Bertz CT molecular complexity index is 2450. The zero-order valence-corrected chi connectivity index (χ0v) is 44.4. The second-order valence-electron chi connectivity index (χ2n) is 21.7. The third kappa shape index (κ3) is 13.1. The maximum Gasteiger partial charge on any atom is 0.329 e. The van der Waals surface area contributed by atoms with Crippen LogP contribution in [0.2, 0.25) is 0 Å². The van der Waals surface area contributed by atoms with Crippen LogP contribution in [0, 0.1) is 29.6 Å². The van der Waals surface area contributed by atoms with Crippen LogP contribution in [0.25, 0.3) is 10.9 Å². The number of aliphatic hydroxyl groups is 2. The van der Waals surface area contributed by atoms with E-state index in [1.165, 1.54) is 24.7 Å². The molecule has 2 saturated heterocycles. The highest BCUT2D eigenvalue weighted by Crippen LogP contribution is 2.40. The van der Waals surface area contributed by atoms with Crippen LogP contribution in [0.3, 0.4) is 0 Å². The number of esters is 1. The number of carbonyl (C=O) groups excluding carboxylic acids is 4. The van der Waals surface area contributed by atoms with E-state index in [0.717, 1.165) is 41.5 Å². The van der Waals surface area contributed by atoms with E-state index < -0.39 is 77.8 Å². The fourth-order valence-corrected chi connectivity index (χ4v) is 12.0. The minimum Gasteiger partial charge on any atom is -0.456 e. The number of methoxy groups -OCH3 is 3. The number of rotatable bonds is 11. The van der Waals surface area contributed by atoms with E-state index in [-0.39, 0.29) is 55.6 Å². The molecule has 1 aromatic heterocycles. The highest BCUT2D eigenvalue weighted by molar-refractivity contribution is 6.39. The molecular weight excluding hydrogens is 927 g/mol. The number of fused-ring (bicyclic) bond motifs is 4. The molecule has 14 nitrogen and oxygen atoms in total. The molecule has 1 saturated carbocycles. The molecular formula is C59H81N3O11. The van der Waals surface area contributed by atoms with Crippen molar-refractivity contribution in [3.63, 3.8) is 0 Å². The zero-order valence-electron chi connectivity index (χ0n) is 44.4. The number of benzene rings is 2. The molecule has 4 heterocycles. The summed E-state index contributed by atoms with van der Waals surface area (Å²) < 4.78 is 33.0. The largest absolute Gasteiger partial charge is 0.456 e. The van der Waals surface area contributed by atoms with Gasteiger partial charge in [-0.1, -0.05) is 74.9 Å². The highest BCUT2D eigenvalue weighted by atomic mass is 16.7. The maximum atomic E-state index is 14.7. The lowest BCUT2D eigenvalue weighted by molar-refractivity contribution is -0.302. The van der Waals surface area contributed by atoms with Crippen LogP contribution in [0.5, 0.6) is 0 Å². The molecule has 4 aliphatic rings. The molecule has 3 aromatic rings. The second kappa shape index (κ2) is 25.0. The lowest BCUT2D eigenvalue weighted by atomic mass is 9.80. The van der Waals surface area contributed by atoms with Crippen molar-refractivity contribution in [2.24, 2.45) is 29.6 Å². The molecule has 0 radical (unpaired) electrons. The Hall–Kier alpha value is -4.96. The van der Waals surface area contributed by atoms with Gasteiger partial charge in [-0.15, -0.1) is 6.58 Å². The number of ketones is 2. The molecule has 0 spiro atoms. The summed E-state index contributed by atoms with van der Waals surface area (Å²) in [5, 5.41) is 29.1. The number of hydrogen-bond donors (Lipinski definition) is 3. The molecule has 14 unspecified atom stereocenters. The molecule has 7 rings (SSSR count). The van der Waals surface area contributed by atoms with Gasteiger partial charge in [-0.3, -0.25) is 14.4 Å². The van der Waals surface area contributed by atoms with Crippen LogP contribution in [0.15, 0.2) is 96.7 Å². The zero-order chi connectivity index (χ0) is 52.6. The summed E-state index contributed by atoms with van der Waals surface area (Å²) in [6, 6.07) is 17.9. The van der Waals surface area contributed by atoms with Gasteiger partial charge in [-0.25, -0.2) is 4.79 Å². The number of ether oxygens (including phenoxy) is 5. The van der Waals surface area contributed by atoms with Gasteiger partial charge in [0.05, 0.1) is 30.5 Å². The average Bonchev–Trinajstić information content (AvgIpc) is 3.78. The van der Waals surface area contributed by atoms with Crippen LogP contribution in [-0.2, 0) is 49.4 Å². The summed E-state index contributed by atoms with van der Waals surface area (Å²) in [6.45, 7) is 14.1. The summed E-state index contributed by atoms with van der Waals surface area (Å²) in [6.07, 6.45) is 8.54. The first-order valence-electron chi connectivity index (χ1n) is 26.6. The first-order chi connectivity index (χ1) is 35.0. The number of amides is 1. The number of allylic oxidation sites excluding steroid dienone is 4. The number of nitrogens with one attached hydrogen (secondary N) is 1. The summed E-state index contributed by atoms with van der Waals surface area (Å²) in [4.78, 5) is 59.0. The van der Waals surface area contributed by atoms with Gasteiger partial charge >= 0.3 is 5.97 Å². The minimum atomic E-state index is -2.52. The van der Waals surface area contributed by atoms with Gasteiger partial charge in [-0.2, -0.15) is 0 Å². The lowest BCUT2D eigenvalue weighted by Gasteiger charge is -2.47. The van der Waals surface area contributed by atoms with Crippen molar-refractivity contribution in [1.29, 1.82) is 0 Å². The molecule has 3 fully saturated rings. The number of anilines is 1. The molecule has 73 heavy (non-hydrogen) atoms.